The highest BCUT2D eigenvalue weighted by molar-refractivity contribution is 7.21. The lowest BCUT2D eigenvalue weighted by molar-refractivity contribution is -0.112. The number of hydrogen-bond donors (Lipinski definition) is 3. The van der Waals surface area contributed by atoms with Crippen LogP contribution in [0.3, 0.4) is 0 Å². The first kappa shape index (κ1) is 30.1. The fourth-order valence-corrected chi connectivity index (χ4v) is 6.69. The number of nitrogens with zero attached hydrogens (tertiary/aromatic N) is 4. The van der Waals surface area contributed by atoms with Crippen molar-refractivity contribution in [1.82, 2.24) is 19.9 Å². The smallest absolute Gasteiger partial charge is 0.225 e. The third-order valence-electron chi connectivity index (χ3n) is 7.64. The number of fused-ring (bicyclic) bond motifs is 1. The molecular weight excluding hydrogens is 569 g/mol. The summed E-state index contributed by atoms with van der Waals surface area (Å²) >= 11 is 1.49. The lowest BCUT2D eigenvalue weighted by Crippen LogP contribution is -2.46. The third-order valence-corrected chi connectivity index (χ3v) is 8.68. The number of ether oxygens (including phenoxy) is 2. The largest absolute Gasteiger partial charge is 0.385 e. The Labute approximate surface area is 245 Å². The van der Waals surface area contributed by atoms with Crippen LogP contribution in [0.2, 0.25) is 0 Å². The second kappa shape index (κ2) is 12.5. The second-order valence-corrected chi connectivity index (χ2v) is 11.7. The van der Waals surface area contributed by atoms with Crippen molar-refractivity contribution in [2.75, 3.05) is 38.1 Å². The number of aliphatic hydroxyl groups is 1. The normalized spacial score (nSPS) is 17.2. The van der Waals surface area contributed by atoms with Crippen molar-refractivity contribution >= 4 is 33.3 Å². The Bertz CT molecular complexity index is 1560. The average Bonchev–Trinajstić information content (AvgIpc) is 3.57. The molecule has 1 aliphatic carbocycles. The number of rotatable bonds is 11. The molecule has 0 amide bonds. The summed E-state index contributed by atoms with van der Waals surface area (Å²) in [5, 5.41) is 18.4. The first-order valence-corrected chi connectivity index (χ1v) is 14.4. The molecule has 1 saturated carbocycles. The molecule has 2 unspecified atom stereocenters. The van der Waals surface area contributed by atoms with Gasteiger partial charge >= 0.3 is 0 Å². The third kappa shape index (κ3) is 6.19. The predicted molar refractivity (Wildman–Crippen MR) is 155 cm³/mol. The van der Waals surface area contributed by atoms with Gasteiger partial charge in [0.05, 0.1) is 34.9 Å². The number of anilines is 2. The van der Waals surface area contributed by atoms with Crippen molar-refractivity contribution in [1.29, 1.82) is 0 Å². The van der Waals surface area contributed by atoms with Crippen molar-refractivity contribution in [3.63, 3.8) is 0 Å². The molecule has 1 fully saturated rings. The molecule has 0 saturated heterocycles. The Hall–Kier alpha value is -3.39. The summed E-state index contributed by atoms with van der Waals surface area (Å²) in [6.07, 6.45) is 3.90. The van der Waals surface area contributed by atoms with E-state index in [0.717, 1.165) is 28.8 Å². The molecule has 224 valence electrons. The van der Waals surface area contributed by atoms with Gasteiger partial charge in [-0.1, -0.05) is 0 Å². The first-order chi connectivity index (χ1) is 20.1. The van der Waals surface area contributed by atoms with Gasteiger partial charge < -0.3 is 25.2 Å². The van der Waals surface area contributed by atoms with Crippen molar-refractivity contribution < 1.29 is 27.8 Å². The van der Waals surface area contributed by atoms with Gasteiger partial charge in [0.2, 0.25) is 5.95 Å². The van der Waals surface area contributed by atoms with Crippen LogP contribution in [0, 0.1) is 37.2 Å². The lowest BCUT2D eigenvalue weighted by atomic mass is 9.87. The van der Waals surface area contributed by atoms with E-state index < -0.39 is 23.1 Å². The zero-order valence-corrected chi connectivity index (χ0v) is 24.6. The summed E-state index contributed by atoms with van der Waals surface area (Å²) in [4.78, 5) is 18.5. The van der Waals surface area contributed by atoms with Gasteiger partial charge in [-0.15, -0.1) is 11.3 Å². The summed E-state index contributed by atoms with van der Waals surface area (Å²) in [5.74, 6) is -2.41. The molecule has 3 heterocycles. The summed E-state index contributed by atoms with van der Waals surface area (Å²) in [5.41, 5.74) is 1.45. The topological polar surface area (TPSA) is 114 Å². The maximum Gasteiger partial charge on any atom is 0.225 e. The van der Waals surface area contributed by atoms with E-state index in [9.17, 15) is 18.3 Å². The Morgan fingerprint density at radius 1 is 1.02 bits per heavy atom. The number of aromatic nitrogens is 4. The lowest BCUT2D eigenvalue weighted by Gasteiger charge is -2.33. The molecule has 0 aliphatic heterocycles. The number of nitrogens with one attached hydrogen (secondary N) is 2. The van der Waals surface area contributed by atoms with Gasteiger partial charge in [0.25, 0.3) is 0 Å². The molecule has 4 aromatic rings. The van der Waals surface area contributed by atoms with E-state index in [1.54, 1.807) is 20.4 Å². The van der Waals surface area contributed by atoms with Crippen LogP contribution in [-0.2, 0) is 16.0 Å². The van der Waals surface area contributed by atoms with E-state index in [0.29, 0.717) is 40.6 Å². The van der Waals surface area contributed by atoms with E-state index in [2.05, 4.69) is 20.6 Å². The molecule has 0 radical (unpaired) electrons. The zero-order valence-electron chi connectivity index (χ0n) is 23.8. The van der Waals surface area contributed by atoms with Crippen LogP contribution in [0.25, 0.3) is 20.8 Å². The number of methoxy groups -OCH3 is 2. The van der Waals surface area contributed by atoms with Gasteiger partial charge in [0, 0.05) is 50.7 Å². The van der Waals surface area contributed by atoms with Crippen LogP contribution >= 0.6 is 11.3 Å². The number of aryl methyl sites for hydroxylation is 2. The Kier molecular flexibility index (Phi) is 8.92. The molecular formula is C29H33F3N6O3S. The van der Waals surface area contributed by atoms with Gasteiger partial charge in [0.1, 0.15) is 39.4 Å². The van der Waals surface area contributed by atoms with Crippen molar-refractivity contribution in [3.8, 4) is 10.6 Å². The summed E-state index contributed by atoms with van der Waals surface area (Å²) in [7, 11) is 3.10. The van der Waals surface area contributed by atoms with Crippen molar-refractivity contribution in [2.45, 2.75) is 51.3 Å². The number of thiazole rings is 1. The van der Waals surface area contributed by atoms with Crippen LogP contribution in [0.5, 0.6) is 0 Å². The Balaban J connectivity index is 1.48. The maximum absolute atomic E-state index is 14.3. The highest BCUT2D eigenvalue weighted by Crippen LogP contribution is 2.40. The molecule has 2 atom stereocenters. The number of halogens is 3. The molecule has 0 bridgehead atoms. The van der Waals surface area contributed by atoms with E-state index in [4.69, 9.17) is 19.4 Å². The fraction of sp³-hybridized carbons (Fsp3) is 0.448. The molecule has 42 heavy (non-hydrogen) atoms. The van der Waals surface area contributed by atoms with Crippen LogP contribution in [-0.4, -0.2) is 64.1 Å². The van der Waals surface area contributed by atoms with E-state index >= 15 is 0 Å². The standard InChI is InChI=1S/C29H33F3N6O3S/c1-15-24(27-37-25-16(2)33-8-7-23(25)42-27)26(36-19-6-5-17(9-19)29(39,13-40-3)14-41-4)38-28(35-15)34-12-20-21(31)10-18(30)11-22(20)32/h7-8,10-11,17,19,39H,5-6,9,12-14H2,1-4H3,(H2,34,35,36,38). The second-order valence-electron chi connectivity index (χ2n) is 10.6. The highest BCUT2D eigenvalue weighted by atomic mass is 32.1. The van der Waals surface area contributed by atoms with E-state index in [1.165, 1.54) is 11.3 Å². The molecule has 3 aromatic heterocycles. The van der Waals surface area contributed by atoms with Crippen LogP contribution < -0.4 is 10.6 Å². The summed E-state index contributed by atoms with van der Waals surface area (Å²) in [6, 6.07) is 3.14. The van der Waals surface area contributed by atoms with Crippen LogP contribution in [0.15, 0.2) is 24.4 Å². The molecule has 9 nitrogen and oxygen atoms in total. The zero-order chi connectivity index (χ0) is 30.0. The SMILES string of the molecule is COCC(O)(COC)C1CCC(Nc2nc(NCc3c(F)cc(F)cc3F)nc(C)c2-c2nc3c(C)nccc3s2)C1. The monoisotopic (exact) mass is 602 g/mol. The number of pyridine rings is 1. The fourth-order valence-electron chi connectivity index (χ4n) is 5.58. The van der Waals surface area contributed by atoms with Gasteiger partial charge in [-0.3, -0.25) is 4.98 Å². The van der Waals surface area contributed by atoms with Crippen LogP contribution in [0.4, 0.5) is 24.9 Å². The molecule has 5 rings (SSSR count). The minimum atomic E-state index is -1.13. The van der Waals surface area contributed by atoms with E-state index in [1.807, 2.05) is 19.9 Å². The molecule has 13 heteroatoms. The minimum Gasteiger partial charge on any atom is -0.385 e. The van der Waals surface area contributed by atoms with Gasteiger partial charge in [-0.25, -0.2) is 23.1 Å². The minimum absolute atomic E-state index is 0.0408. The van der Waals surface area contributed by atoms with Crippen LogP contribution in [0.1, 0.15) is 36.2 Å². The molecule has 3 N–H and O–H groups in total. The Morgan fingerprint density at radius 2 is 1.74 bits per heavy atom. The summed E-state index contributed by atoms with van der Waals surface area (Å²) < 4.78 is 53.5. The van der Waals surface area contributed by atoms with Gasteiger partial charge in [0.15, 0.2) is 0 Å². The van der Waals surface area contributed by atoms with E-state index in [-0.39, 0.29) is 43.2 Å². The Morgan fingerprint density at radius 3 is 2.40 bits per heavy atom. The molecule has 1 aliphatic rings. The van der Waals surface area contributed by atoms with Gasteiger partial charge in [-0.05, 0) is 45.1 Å². The number of hydrogen-bond acceptors (Lipinski definition) is 10. The number of benzene rings is 1. The predicted octanol–water partition coefficient (Wildman–Crippen LogP) is 5.40. The quantitative estimate of drug-likeness (QED) is 0.208. The molecule has 0 spiro atoms. The highest BCUT2D eigenvalue weighted by Gasteiger charge is 2.42. The average molecular weight is 603 g/mol. The maximum atomic E-state index is 14.3. The van der Waals surface area contributed by atoms with Crippen molar-refractivity contribution in [3.05, 3.63) is 58.8 Å². The van der Waals surface area contributed by atoms with Gasteiger partial charge in [-0.2, -0.15) is 4.98 Å². The molecule has 1 aromatic carbocycles. The first-order valence-electron chi connectivity index (χ1n) is 13.6. The van der Waals surface area contributed by atoms with Crippen molar-refractivity contribution in [2.24, 2.45) is 5.92 Å². The summed E-state index contributed by atoms with van der Waals surface area (Å²) in [6.45, 7) is 3.74.